The van der Waals surface area contributed by atoms with E-state index in [9.17, 15) is 17.6 Å². The predicted molar refractivity (Wildman–Crippen MR) is 81.3 cm³/mol. The fourth-order valence-electron chi connectivity index (χ4n) is 1.65. The van der Waals surface area contributed by atoms with E-state index in [1.807, 2.05) is 6.92 Å². The van der Waals surface area contributed by atoms with Crippen molar-refractivity contribution in [2.24, 2.45) is 0 Å². The third kappa shape index (κ3) is 4.22. The molecule has 0 aliphatic heterocycles. The summed E-state index contributed by atoms with van der Waals surface area (Å²) < 4.78 is 36.6. The largest absolute Gasteiger partial charge is 0.342 e. The van der Waals surface area contributed by atoms with Crippen molar-refractivity contribution in [3.63, 3.8) is 0 Å². The van der Waals surface area contributed by atoms with Crippen LogP contribution in [0.25, 0.3) is 0 Å². The molecule has 0 aromatic heterocycles. The highest BCUT2D eigenvalue weighted by molar-refractivity contribution is 8.14. The van der Waals surface area contributed by atoms with Crippen molar-refractivity contribution in [3.05, 3.63) is 27.5 Å². The molecule has 1 rings (SSSR count). The van der Waals surface area contributed by atoms with Gasteiger partial charge in [-0.15, -0.1) is 0 Å². The Bertz CT molecular complexity index is 664. The first-order chi connectivity index (χ1) is 9.61. The highest BCUT2D eigenvalue weighted by Gasteiger charge is 2.28. The summed E-state index contributed by atoms with van der Waals surface area (Å²) in [6, 6.07) is 0.807. The van der Waals surface area contributed by atoms with E-state index in [0.29, 0.717) is 6.54 Å². The first-order valence-electron chi connectivity index (χ1n) is 5.98. The maximum atomic E-state index is 13.7. The van der Waals surface area contributed by atoms with Crippen LogP contribution < -0.4 is 0 Å². The molecule has 4 nitrogen and oxygen atoms in total. The van der Waals surface area contributed by atoms with Gasteiger partial charge in [-0.1, -0.05) is 36.5 Å². The van der Waals surface area contributed by atoms with Crippen molar-refractivity contribution in [1.82, 2.24) is 4.90 Å². The van der Waals surface area contributed by atoms with E-state index in [1.165, 1.54) is 11.9 Å². The fourth-order valence-corrected chi connectivity index (χ4v) is 4.02. The van der Waals surface area contributed by atoms with Crippen molar-refractivity contribution >= 4 is 48.8 Å². The van der Waals surface area contributed by atoms with Gasteiger partial charge >= 0.3 is 0 Å². The maximum Gasteiger partial charge on any atom is 0.264 e. The number of unbranched alkanes of at least 4 members (excludes halogenated alkanes) is 1. The van der Waals surface area contributed by atoms with Crippen LogP contribution in [0.1, 0.15) is 30.1 Å². The van der Waals surface area contributed by atoms with E-state index >= 15 is 0 Å². The molecule has 0 fully saturated rings. The van der Waals surface area contributed by atoms with Crippen LogP contribution in [-0.4, -0.2) is 32.8 Å². The summed E-state index contributed by atoms with van der Waals surface area (Å²) in [6.07, 6.45) is 1.61. The van der Waals surface area contributed by atoms with Gasteiger partial charge in [0.15, 0.2) is 0 Å². The van der Waals surface area contributed by atoms with Gasteiger partial charge < -0.3 is 4.90 Å². The van der Waals surface area contributed by atoms with Gasteiger partial charge in [-0.3, -0.25) is 4.79 Å². The Hall–Kier alpha value is -0.560. The summed E-state index contributed by atoms with van der Waals surface area (Å²) in [5.41, 5.74) is -0.295. The van der Waals surface area contributed by atoms with Crippen molar-refractivity contribution in [1.29, 1.82) is 0 Å². The molecule has 1 aromatic rings. The van der Waals surface area contributed by atoms with Crippen molar-refractivity contribution < 1.29 is 17.6 Å². The SMILES string of the molecule is CCCCN(C)C(=O)c1cc(F)c(Cl)c(S(=O)(=O)Cl)c1Cl. The molecular weight excluding hydrogens is 364 g/mol. The zero-order chi connectivity index (χ0) is 16.4. The Morgan fingerprint density at radius 2 is 1.90 bits per heavy atom. The lowest BCUT2D eigenvalue weighted by atomic mass is 10.2. The smallest absolute Gasteiger partial charge is 0.264 e. The molecule has 0 unspecified atom stereocenters. The van der Waals surface area contributed by atoms with Gasteiger partial charge in [-0.05, 0) is 12.5 Å². The zero-order valence-corrected chi connectivity index (χ0v) is 14.4. The molecule has 0 saturated heterocycles. The van der Waals surface area contributed by atoms with Gasteiger partial charge in [0.2, 0.25) is 0 Å². The zero-order valence-electron chi connectivity index (χ0n) is 11.3. The maximum absolute atomic E-state index is 13.7. The Morgan fingerprint density at radius 1 is 1.33 bits per heavy atom. The number of halogens is 4. The summed E-state index contributed by atoms with van der Waals surface area (Å²) in [5.74, 6) is -1.68. The molecule has 0 radical (unpaired) electrons. The summed E-state index contributed by atoms with van der Waals surface area (Å²) >= 11 is 11.5. The molecule has 0 spiro atoms. The van der Waals surface area contributed by atoms with E-state index in [-0.39, 0.29) is 5.56 Å². The molecule has 0 heterocycles. The predicted octanol–water partition coefficient (Wildman–Crippen LogP) is 3.93. The number of carbonyl (C=O) groups excluding carboxylic acids is 1. The number of hydrogen-bond donors (Lipinski definition) is 0. The highest BCUT2D eigenvalue weighted by atomic mass is 35.7. The van der Waals surface area contributed by atoms with Gasteiger partial charge in [-0.25, -0.2) is 12.8 Å². The molecular formula is C12H13Cl3FNO3S. The average Bonchev–Trinajstić information content (AvgIpc) is 2.38. The second-order valence-electron chi connectivity index (χ2n) is 4.38. The number of rotatable bonds is 5. The number of hydrogen-bond acceptors (Lipinski definition) is 3. The Kier molecular flexibility index (Phi) is 6.28. The Balaban J connectivity index is 3.39. The van der Waals surface area contributed by atoms with Crippen LogP contribution in [0.3, 0.4) is 0 Å². The molecule has 0 atom stereocenters. The third-order valence-electron chi connectivity index (χ3n) is 2.78. The first kappa shape index (κ1) is 18.5. The summed E-state index contributed by atoms with van der Waals surface area (Å²) in [5, 5.41) is -1.22. The topological polar surface area (TPSA) is 54.5 Å². The number of amides is 1. The highest BCUT2D eigenvalue weighted by Crippen LogP contribution is 2.36. The lowest BCUT2D eigenvalue weighted by molar-refractivity contribution is 0.0792. The van der Waals surface area contributed by atoms with Crippen molar-refractivity contribution in [2.45, 2.75) is 24.7 Å². The molecule has 21 heavy (non-hydrogen) atoms. The minimum absolute atomic E-state index is 0.295. The molecule has 1 aromatic carbocycles. The average molecular weight is 377 g/mol. The second-order valence-corrected chi connectivity index (χ2v) is 7.64. The standard InChI is InChI=1S/C12H13Cl3FNO3S/c1-3-4-5-17(2)12(18)7-6-8(16)10(14)11(9(7)13)21(15,19)20/h6H,3-5H2,1-2H3. The van der Waals surface area contributed by atoms with Gasteiger partial charge in [0.1, 0.15) is 10.7 Å². The molecule has 118 valence electrons. The van der Waals surface area contributed by atoms with Crippen LogP contribution >= 0.6 is 33.9 Å². The summed E-state index contributed by atoms with van der Waals surface area (Å²) in [7, 11) is 2.31. The van der Waals surface area contributed by atoms with Crippen molar-refractivity contribution in [2.75, 3.05) is 13.6 Å². The van der Waals surface area contributed by atoms with E-state index in [1.54, 1.807) is 0 Å². The van der Waals surface area contributed by atoms with Gasteiger partial charge in [0, 0.05) is 24.3 Å². The van der Waals surface area contributed by atoms with E-state index in [2.05, 4.69) is 0 Å². The molecule has 0 aliphatic carbocycles. The van der Waals surface area contributed by atoms with E-state index < -0.39 is 35.7 Å². The monoisotopic (exact) mass is 375 g/mol. The van der Waals surface area contributed by atoms with E-state index in [4.69, 9.17) is 33.9 Å². The van der Waals surface area contributed by atoms with Crippen LogP contribution in [0.4, 0.5) is 4.39 Å². The van der Waals surface area contributed by atoms with Crippen LogP contribution in [0.5, 0.6) is 0 Å². The lowest BCUT2D eigenvalue weighted by Crippen LogP contribution is -2.28. The molecule has 1 amide bonds. The minimum atomic E-state index is -4.39. The lowest BCUT2D eigenvalue weighted by Gasteiger charge is -2.18. The van der Waals surface area contributed by atoms with Crippen molar-refractivity contribution in [3.8, 4) is 0 Å². The summed E-state index contributed by atoms with van der Waals surface area (Å²) in [6.45, 7) is 2.38. The van der Waals surface area contributed by atoms with Crippen LogP contribution in [0.2, 0.25) is 10.0 Å². The number of benzene rings is 1. The normalized spacial score (nSPS) is 11.5. The Morgan fingerprint density at radius 3 is 2.38 bits per heavy atom. The summed E-state index contributed by atoms with van der Waals surface area (Å²) in [4.78, 5) is 12.7. The van der Waals surface area contributed by atoms with Gasteiger partial charge in [0.05, 0.1) is 15.6 Å². The third-order valence-corrected chi connectivity index (χ3v) is 5.13. The Labute approximate surface area is 137 Å². The molecule has 9 heteroatoms. The molecule has 0 aliphatic rings. The van der Waals surface area contributed by atoms with E-state index in [0.717, 1.165) is 18.9 Å². The van der Waals surface area contributed by atoms with Gasteiger partial charge in [-0.2, -0.15) is 0 Å². The number of nitrogens with zero attached hydrogens (tertiary/aromatic N) is 1. The molecule has 0 N–H and O–H groups in total. The quantitative estimate of drug-likeness (QED) is 0.578. The van der Waals surface area contributed by atoms with Crippen LogP contribution in [0, 0.1) is 5.82 Å². The molecule has 0 bridgehead atoms. The van der Waals surface area contributed by atoms with Crippen LogP contribution in [-0.2, 0) is 9.05 Å². The fraction of sp³-hybridized carbons (Fsp3) is 0.417. The molecule has 0 saturated carbocycles. The van der Waals surface area contributed by atoms with Gasteiger partial charge in [0.25, 0.3) is 15.0 Å². The second kappa shape index (κ2) is 7.13. The first-order valence-corrected chi connectivity index (χ1v) is 9.05. The number of carbonyl (C=O) groups is 1. The minimum Gasteiger partial charge on any atom is -0.342 e. The van der Waals surface area contributed by atoms with Crippen LogP contribution in [0.15, 0.2) is 11.0 Å².